The Morgan fingerprint density at radius 3 is 2.55 bits per heavy atom. The summed E-state index contributed by atoms with van der Waals surface area (Å²) in [6, 6.07) is 18.5. The lowest BCUT2D eigenvalue weighted by Crippen LogP contribution is -2.12. The first kappa shape index (κ1) is 13.2. The third kappa shape index (κ3) is 2.42. The van der Waals surface area contributed by atoms with E-state index in [0.717, 1.165) is 22.0 Å². The van der Waals surface area contributed by atoms with Crippen LogP contribution in [0.2, 0.25) is 0 Å². The maximum Gasteiger partial charge on any atom is 0.0705 e. The summed E-state index contributed by atoms with van der Waals surface area (Å²) < 4.78 is 0. The molecule has 1 unspecified atom stereocenters. The van der Waals surface area contributed by atoms with E-state index in [-0.39, 0.29) is 6.04 Å². The van der Waals surface area contributed by atoms with E-state index in [0.29, 0.717) is 0 Å². The van der Waals surface area contributed by atoms with Gasteiger partial charge in [-0.1, -0.05) is 30.3 Å². The van der Waals surface area contributed by atoms with E-state index < -0.39 is 0 Å². The number of aromatic nitrogens is 1. The van der Waals surface area contributed by atoms with Crippen molar-refractivity contribution in [1.82, 2.24) is 4.98 Å². The highest BCUT2D eigenvalue weighted by Gasteiger charge is 2.12. The van der Waals surface area contributed by atoms with Crippen molar-refractivity contribution in [2.75, 3.05) is 6.26 Å². The summed E-state index contributed by atoms with van der Waals surface area (Å²) in [5, 5.41) is 1.12. The first-order chi connectivity index (χ1) is 9.79. The Hall–Kier alpha value is -1.84. The van der Waals surface area contributed by atoms with Gasteiger partial charge >= 0.3 is 0 Å². The Kier molecular flexibility index (Phi) is 3.72. The molecule has 0 aliphatic heterocycles. The number of fused-ring (bicyclic) bond motifs is 1. The van der Waals surface area contributed by atoms with Gasteiger partial charge < -0.3 is 5.73 Å². The number of thioether (sulfide) groups is 1. The van der Waals surface area contributed by atoms with Gasteiger partial charge in [-0.25, -0.2) is 0 Å². The number of pyridine rings is 1. The maximum atomic E-state index is 6.44. The van der Waals surface area contributed by atoms with Gasteiger partial charge in [0.05, 0.1) is 11.6 Å². The fourth-order valence-corrected chi connectivity index (χ4v) is 2.80. The summed E-state index contributed by atoms with van der Waals surface area (Å²) in [7, 11) is 0. The third-order valence-corrected chi connectivity index (χ3v) is 4.23. The molecule has 0 bridgehead atoms. The minimum absolute atomic E-state index is 0.126. The van der Waals surface area contributed by atoms with Crippen molar-refractivity contribution in [3.8, 4) is 0 Å². The molecular formula is C17H16N2S. The molecule has 0 aliphatic rings. The number of nitrogens with two attached hydrogens (primary N) is 1. The molecule has 0 saturated carbocycles. The zero-order chi connectivity index (χ0) is 13.9. The number of nitrogens with zero attached hydrogens (tertiary/aromatic N) is 1. The van der Waals surface area contributed by atoms with E-state index in [9.17, 15) is 0 Å². The fraction of sp³-hybridized carbons (Fsp3) is 0.118. The van der Waals surface area contributed by atoms with Crippen LogP contribution in [0.15, 0.2) is 65.7 Å². The molecule has 0 spiro atoms. The monoisotopic (exact) mass is 280 g/mol. The third-order valence-electron chi connectivity index (χ3n) is 3.49. The maximum absolute atomic E-state index is 6.44. The molecule has 0 amide bonds. The van der Waals surface area contributed by atoms with Gasteiger partial charge in [0.1, 0.15) is 0 Å². The number of rotatable bonds is 3. The SMILES string of the molecule is CSc1ccc(C(N)c2cccc3ncccc23)cc1. The van der Waals surface area contributed by atoms with E-state index in [4.69, 9.17) is 5.73 Å². The minimum Gasteiger partial charge on any atom is -0.320 e. The van der Waals surface area contributed by atoms with Crippen molar-refractivity contribution >= 4 is 22.7 Å². The van der Waals surface area contributed by atoms with Gasteiger partial charge in [-0.2, -0.15) is 0 Å². The van der Waals surface area contributed by atoms with Gasteiger partial charge in [0.2, 0.25) is 0 Å². The van der Waals surface area contributed by atoms with Gasteiger partial charge in [-0.15, -0.1) is 11.8 Å². The van der Waals surface area contributed by atoms with E-state index in [2.05, 4.69) is 47.6 Å². The summed E-state index contributed by atoms with van der Waals surface area (Å²) >= 11 is 1.74. The lowest BCUT2D eigenvalue weighted by atomic mass is 9.96. The highest BCUT2D eigenvalue weighted by atomic mass is 32.2. The second-order valence-corrected chi connectivity index (χ2v) is 5.55. The summed E-state index contributed by atoms with van der Waals surface area (Å²) in [6.45, 7) is 0. The second kappa shape index (κ2) is 5.65. The van der Waals surface area contributed by atoms with Gasteiger partial charge in [0.15, 0.2) is 0 Å². The van der Waals surface area contributed by atoms with E-state index in [1.165, 1.54) is 4.90 Å². The molecule has 0 radical (unpaired) electrons. The molecule has 1 aromatic heterocycles. The molecule has 2 aromatic carbocycles. The topological polar surface area (TPSA) is 38.9 Å². The van der Waals surface area contributed by atoms with Crippen LogP contribution in [0.4, 0.5) is 0 Å². The van der Waals surface area contributed by atoms with Crippen LogP contribution in [0.1, 0.15) is 17.2 Å². The molecule has 0 aliphatic carbocycles. The van der Waals surface area contributed by atoms with E-state index in [1.54, 1.807) is 11.8 Å². The average molecular weight is 280 g/mol. The van der Waals surface area contributed by atoms with Crippen LogP contribution in [0.3, 0.4) is 0 Å². The molecule has 100 valence electrons. The minimum atomic E-state index is -0.126. The van der Waals surface area contributed by atoms with Crippen LogP contribution >= 0.6 is 11.8 Å². The smallest absolute Gasteiger partial charge is 0.0705 e. The summed E-state index contributed by atoms with van der Waals surface area (Å²) in [4.78, 5) is 5.64. The highest BCUT2D eigenvalue weighted by molar-refractivity contribution is 7.98. The summed E-state index contributed by atoms with van der Waals surface area (Å²) in [5.74, 6) is 0. The summed E-state index contributed by atoms with van der Waals surface area (Å²) in [5.41, 5.74) is 9.67. The largest absolute Gasteiger partial charge is 0.320 e. The molecule has 1 atom stereocenters. The van der Waals surface area contributed by atoms with Crippen molar-refractivity contribution in [2.24, 2.45) is 5.73 Å². The van der Waals surface area contributed by atoms with Crippen molar-refractivity contribution in [3.05, 3.63) is 71.9 Å². The Morgan fingerprint density at radius 2 is 1.80 bits per heavy atom. The first-order valence-electron chi connectivity index (χ1n) is 6.53. The van der Waals surface area contributed by atoms with Crippen LogP contribution < -0.4 is 5.73 Å². The Labute approximate surface area is 123 Å². The molecule has 3 rings (SSSR count). The average Bonchev–Trinajstić information content (AvgIpc) is 2.54. The Bertz CT molecular complexity index is 717. The molecule has 3 aromatic rings. The van der Waals surface area contributed by atoms with Gasteiger partial charge in [-0.3, -0.25) is 4.98 Å². The lowest BCUT2D eigenvalue weighted by molar-refractivity contribution is 0.878. The van der Waals surface area contributed by atoms with Gasteiger partial charge in [-0.05, 0) is 41.6 Å². The lowest BCUT2D eigenvalue weighted by Gasteiger charge is -2.15. The normalized spacial score (nSPS) is 12.5. The summed E-state index contributed by atoms with van der Waals surface area (Å²) in [6.07, 6.45) is 3.89. The van der Waals surface area contributed by atoms with Gasteiger partial charge in [0, 0.05) is 16.5 Å². The van der Waals surface area contributed by atoms with Crippen LogP contribution in [0, 0.1) is 0 Å². The number of hydrogen-bond donors (Lipinski definition) is 1. The molecule has 0 saturated heterocycles. The molecule has 2 N–H and O–H groups in total. The zero-order valence-electron chi connectivity index (χ0n) is 11.3. The van der Waals surface area contributed by atoms with Crippen molar-refractivity contribution < 1.29 is 0 Å². The molecule has 2 nitrogen and oxygen atoms in total. The molecule has 0 fully saturated rings. The predicted octanol–water partition coefficient (Wildman–Crippen LogP) is 4.00. The Balaban J connectivity index is 2.05. The fourth-order valence-electron chi connectivity index (χ4n) is 2.39. The molecular weight excluding hydrogens is 264 g/mol. The predicted molar refractivity (Wildman–Crippen MR) is 86.0 cm³/mol. The van der Waals surface area contributed by atoms with Gasteiger partial charge in [0.25, 0.3) is 0 Å². The van der Waals surface area contributed by atoms with Crippen LogP contribution in [0.5, 0.6) is 0 Å². The van der Waals surface area contributed by atoms with Crippen molar-refractivity contribution in [3.63, 3.8) is 0 Å². The molecule has 1 heterocycles. The quantitative estimate of drug-likeness (QED) is 0.737. The van der Waals surface area contributed by atoms with Crippen LogP contribution in [0.25, 0.3) is 10.9 Å². The number of hydrogen-bond acceptors (Lipinski definition) is 3. The molecule has 20 heavy (non-hydrogen) atoms. The van der Waals surface area contributed by atoms with E-state index in [1.807, 2.05) is 24.4 Å². The first-order valence-corrected chi connectivity index (χ1v) is 7.75. The van der Waals surface area contributed by atoms with Crippen molar-refractivity contribution in [1.29, 1.82) is 0 Å². The Morgan fingerprint density at radius 1 is 1.00 bits per heavy atom. The van der Waals surface area contributed by atoms with E-state index >= 15 is 0 Å². The van der Waals surface area contributed by atoms with Crippen molar-refractivity contribution in [2.45, 2.75) is 10.9 Å². The van der Waals surface area contributed by atoms with Crippen LogP contribution in [-0.2, 0) is 0 Å². The number of benzene rings is 2. The zero-order valence-corrected chi connectivity index (χ0v) is 12.1. The molecule has 3 heteroatoms. The second-order valence-electron chi connectivity index (χ2n) is 4.67. The standard InChI is InChI=1S/C17H16N2S/c1-20-13-9-7-12(8-10-13)17(18)15-4-2-6-16-14(15)5-3-11-19-16/h2-11,17H,18H2,1H3. The highest BCUT2D eigenvalue weighted by Crippen LogP contribution is 2.27. The van der Waals surface area contributed by atoms with Crippen LogP contribution in [-0.4, -0.2) is 11.2 Å².